The van der Waals surface area contributed by atoms with Gasteiger partial charge in [0.2, 0.25) is 0 Å². The Labute approximate surface area is 128 Å². The molecule has 0 bridgehead atoms. The third-order valence-electron chi connectivity index (χ3n) is 3.84. The van der Waals surface area contributed by atoms with E-state index in [0.717, 1.165) is 52.3 Å². The zero-order valence-electron chi connectivity index (χ0n) is 12.4. The van der Waals surface area contributed by atoms with Gasteiger partial charge in [0.15, 0.2) is 0 Å². The Bertz CT molecular complexity index is 666. The molecule has 1 amide bonds. The summed E-state index contributed by atoms with van der Waals surface area (Å²) < 4.78 is 6.48. The number of ether oxygens (including phenoxy) is 1. The molecule has 21 heavy (non-hydrogen) atoms. The quantitative estimate of drug-likeness (QED) is 0.942. The maximum absolute atomic E-state index is 12.3. The van der Waals surface area contributed by atoms with E-state index >= 15 is 0 Å². The van der Waals surface area contributed by atoms with Crippen molar-refractivity contribution in [3.63, 3.8) is 0 Å². The van der Waals surface area contributed by atoms with Crippen LogP contribution in [0.25, 0.3) is 10.1 Å². The minimum absolute atomic E-state index is 0.0455. The maximum Gasteiger partial charge on any atom is 0.263 e. The van der Waals surface area contributed by atoms with E-state index in [9.17, 15) is 4.79 Å². The molecule has 1 aromatic carbocycles. The number of nitrogens with one attached hydrogen (secondary N) is 1. The first-order valence-corrected chi connectivity index (χ1v) is 8.20. The van der Waals surface area contributed by atoms with Gasteiger partial charge in [0.1, 0.15) is 10.6 Å². The van der Waals surface area contributed by atoms with E-state index in [2.05, 4.69) is 17.1 Å². The van der Waals surface area contributed by atoms with Gasteiger partial charge < -0.3 is 15.0 Å². The van der Waals surface area contributed by atoms with Crippen LogP contribution < -0.4 is 15.0 Å². The fraction of sp³-hybridized carbons (Fsp3) is 0.438. The van der Waals surface area contributed by atoms with Crippen molar-refractivity contribution in [2.24, 2.45) is 0 Å². The van der Waals surface area contributed by atoms with Crippen LogP contribution in [0.4, 0.5) is 5.69 Å². The van der Waals surface area contributed by atoms with Crippen molar-refractivity contribution in [3.05, 3.63) is 23.1 Å². The lowest BCUT2D eigenvalue weighted by molar-refractivity contribution is 0.0962. The number of benzene rings is 1. The molecule has 0 fully saturated rings. The van der Waals surface area contributed by atoms with Gasteiger partial charge in [-0.15, -0.1) is 11.3 Å². The number of thiophene rings is 1. The number of carbonyl (C=O) groups excluding carboxylic acids is 1. The number of nitrogens with zero attached hydrogens (tertiary/aromatic N) is 1. The second kappa shape index (κ2) is 5.93. The molecule has 1 aliphatic heterocycles. The largest absolute Gasteiger partial charge is 0.497 e. The van der Waals surface area contributed by atoms with Crippen molar-refractivity contribution in [2.75, 3.05) is 31.6 Å². The van der Waals surface area contributed by atoms with Crippen molar-refractivity contribution in [1.29, 1.82) is 0 Å². The predicted octanol–water partition coefficient (Wildman–Crippen LogP) is 3.26. The summed E-state index contributed by atoms with van der Waals surface area (Å²) in [7, 11) is 1.67. The first kappa shape index (κ1) is 14.2. The van der Waals surface area contributed by atoms with Gasteiger partial charge in [-0.3, -0.25) is 4.79 Å². The molecule has 1 aromatic heterocycles. The SMILES string of the molecule is CCCCN1CCNC(=O)c2sc3ccc(OC)cc3c21. The summed E-state index contributed by atoms with van der Waals surface area (Å²) in [5.41, 5.74) is 1.08. The fourth-order valence-electron chi connectivity index (χ4n) is 2.73. The fourth-order valence-corrected chi connectivity index (χ4v) is 3.85. The van der Waals surface area contributed by atoms with E-state index in [-0.39, 0.29) is 5.91 Å². The number of hydrogen-bond acceptors (Lipinski definition) is 4. The van der Waals surface area contributed by atoms with Crippen molar-refractivity contribution in [3.8, 4) is 5.75 Å². The van der Waals surface area contributed by atoms with Gasteiger partial charge in [-0.1, -0.05) is 13.3 Å². The molecule has 5 heteroatoms. The smallest absolute Gasteiger partial charge is 0.263 e. The molecular formula is C16H20N2O2S. The highest BCUT2D eigenvalue weighted by atomic mass is 32.1. The van der Waals surface area contributed by atoms with Gasteiger partial charge in [0, 0.05) is 29.7 Å². The van der Waals surface area contributed by atoms with Gasteiger partial charge in [0.25, 0.3) is 5.91 Å². The number of carbonyl (C=O) groups is 1. The number of anilines is 1. The second-order valence-electron chi connectivity index (χ2n) is 5.24. The molecule has 112 valence electrons. The minimum atomic E-state index is 0.0455. The molecule has 3 rings (SSSR count). The van der Waals surface area contributed by atoms with Gasteiger partial charge in [-0.2, -0.15) is 0 Å². The average molecular weight is 304 g/mol. The van der Waals surface area contributed by atoms with E-state index in [4.69, 9.17) is 4.74 Å². The Morgan fingerprint density at radius 1 is 1.43 bits per heavy atom. The van der Waals surface area contributed by atoms with Crippen molar-refractivity contribution < 1.29 is 9.53 Å². The number of hydrogen-bond donors (Lipinski definition) is 1. The Morgan fingerprint density at radius 2 is 2.29 bits per heavy atom. The van der Waals surface area contributed by atoms with Crippen LogP contribution in [-0.2, 0) is 0 Å². The third kappa shape index (κ3) is 2.58. The van der Waals surface area contributed by atoms with Crippen LogP contribution in [0.2, 0.25) is 0 Å². The van der Waals surface area contributed by atoms with Gasteiger partial charge >= 0.3 is 0 Å². The number of unbranched alkanes of at least 4 members (excludes halogenated alkanes) is 1. The van der Waals surface area contributed by atoms with E-state index < -0.39 is 0 Å². The summed E-state index contributed by atoms with van der Waals surface area (Å²) >= 11 is 1.57. The first-order valence-electron chi connectivity index (χ1n) is 7.38. The summed E-state index contributed by atoms with van der Waals surface area (Å²) in [6, 6.07) is 6.04. The molecule has 0 radical (unpaired) electrons. The summed E-state index contributed by atoms with van der Waals surface area (Å²) in [6.45, 7) is 4.75. The Balaban J connectivity index is 2.15. The lowest BCUT2D eigenvalue weighted by Crippen LogP contribution is -2.30. The van der Waals surface area contributed by atoms with Crippen LogP contribution in [0.1, 0.15) is 29.4 Å². The van der Waals surface area contributed by atoms with E-state index in [1.54, 1.807) is 18.4 Å². The minimum Gasteiger partial charge on any atom is -0.497 e. The van der Waals surface area contributed by atoms with Crippen LogP contribution in [0, 0.1) is 0 Å². The molecule has 0 unspecified atom stereocenters. The maximum atomic E-state index is 12.3. The van der Waals surface area contributed by atoms with Crippen LogP contribution in [0.15, 0.2) is 18.2 Å². The van der Waals surface area contributed by atoms with Crippen molar-refractivity contribution in [2.45, 2.75) is 19.8 Å². The van der Waals surface area contributed by atoms with Crippen molar-refractivity contribution in [1.82, 2.24) is 5.32 Å². The third-order valence-corrected chi connectivity index (χ3v) is 5.00. The molecule has 0 saturated heterocycles. The predicted molar refractivity (Wildman–Crippen MR) is 87.8 cm³/mol. The Morgan fingerprint density at radius 3 is 3.05 bits per heavy atom. The summed E-state index contributed by atoms with van der Waals surface area (Å²) in [5, 5.41) is 4.12. The molecule has 0 spiro atoms. The lowest BCUT2D eigenvalue weighted by Gasteiger charge is -2.23. The molecule has 0 atom stereocenters. The van der Waals surface area contributed by atoms with Crippen LogP contribution in [0.5, 0.6) is 5.75 Å². The van der Waals surface area contributed by atoms with E-state index in [1.165, 1.54) is 0 Å². The first-order chi connectivity index (χ1) is 10.2. The van der Waals surface area contributed by atoms with Gasteiger partial charge in [0.05, 0.1) is 12.8 Å². The Hall–Kier alpha value is -1.75. The van der Waals surface area contributed by atoms with E-state index in [1.807, 2.05) is 18.2 Å². The zero-order chi connectivity index (χ0) is 14.8. The van der Waals surface area contributed by atoms with Crippen LogP contribution in [-0.4, -0.2) is 32.7 Å². The number of methoxy groups -OCH3 is 1. The van der Waals surface area contributed by atoms with Crippen molar-refractivity contribution >= 4 is 33.0 Å². The normalized spacial score (nSPS) is 14.8. The molecule has 1 aliphatic rings. The van der Waals surface area contributed by atoms with E-state index in [0.29, 0.717) is 6.54 Å². The molecule has 0 aliphatic carbocycles. The topological polar surface area (TPSA) is 41.6 Å². The lowest BCUT2D eigenvalue weighted by atomic mass is 10.1. The second-order valence-corrected chi connectivity index (χ2v) is 6.29. The molecule has 4 nitrogen and oxygen atoms in total. The van der Waals surface area contributed by atoms with Gasteiger partial charge in [-0.25, -0.2) is 0 Å². The average Bonchev–Trinajstić information content (AvgIpc) is 2.81. The molecule has 2 heterocycles. The molecular weight excluding hydrogens is 284 g/mol. The zero-order valence-corrected chi connectivity index (χ0v) is 13.3. The molecule has 0 saturated carbocycles. The molecule has 1 N–H and O–H groups in total. The summed E-state index contributed by atoms with van der Waals surface area (Å²) in [5.74, 6) is 0.882. The highest BCUT2D eigenvalue weighted by Gasteiger charge is 2.25. The number of amides is 1. The highest BCUT2D eigenvalue weighted by molar-refractivity contribution is 7.21. The van der Waals surface area contributed by atoms with Crippen LogP contribution in [0.3, 0.4) is 0 Å². The monoisotopic (exact) mass is 304 g/mol. The highest BCUT2D eigenvalue weighted by Crippen LogP contribution is 2.40. The van der Waals surface area contributed by atoms with Gasteiger partial charge in [-0.05, 0) is 24.6 Å². The summed E-state index contributed by atoms with van der Waals surface area (Å²) in [4.78, 5) is 15.5. The molecule has 2 aromatic rings. The van der Waals surface area contributed by atoms with Crippen LogP contribution >= 0.6 is 11.3 Å². The number of rotatable bonds is 4. The standard InChI is InChI=1S/C16H20N2O2S/c1-3-4-8-18-9-7-17-16(19)15-14(18)12-10-11(20-2)5-6-13(12)21-15/h5-6,10H,3-4,7-9H2,1-2H3,(H,17,19). The summed E-state index contributed by atoms with van der Waals surface area (Å²) in [6.07, 6.45) is 2.29. The number of fused-ring (bicyclic) bond motifs is 3. The Kier molecular flexibility index (Phi) is 4.01.